The first kappa shape index (κ1) is 22.5. The minimum absolute atomic E-state index is 0.0624. The van der Waals surface area contributed by atoms with Gasteiger partial charge in [-0.15, -0.1) is 0 Å². The topological polar surface area (TPSA) is 109 Å². The van der Waals surface area contributed by atoms with E-state index in [9.17, 15) is 14.4 Å². The van der Waals surface area contributed by atoms with Gasteiger partial charge in [-0.25, -0.2) is 4.98 Å². The lowest BCUT2D eigenvalue weighted by Crippen LogP contribution is -2.38. The molecule has 0 spiro atoms. The molecule has 33 heavy (non-hydrogen) atoms. The van der Waals surface area contributed by atoms with Gasteiger partial charge in [-0.1, -0.05) is 18.2 Å². The first-order valence-corrected chi connectivity index (χ1v) is 11.0. The SMILES string of the molecule is Cc1nc(N2CCOCC2)[nH]c(=O)c1CCC(=O)Nc1ccc(Cn2ccccc2=O)cc1. The number of carbonyl (C=O) groups is 1. The van der Waals surface area contributed by atoms with Crippen molar-refractivity contribution in [2.45, 2.75) is 26.3 Å². The van der Waals surface area contributed by atoms with Crippen LogP contribution in [0.2, 0.25) is 0 Å². The van der Waals surface area contributed by atoms with Gasteiger partial charge in [0.1, 0.15) is 0 Å². The van der Waals surface area contributed by atoms with Gasteiger partial charge < -0.3 is 19.5 Å². The Kier molecular flexibility index (Phi) is 6.99. The molecule has 0 unspecified atom stereocenters. The summed E-state index contributed by atoms with van der Waals surface area (Å²) < 4.78 is 6.95. The summed E-state index contributed by atoms with van der Waals surface area (Å²) in [6.45, 7) is 4.84. The zero-order chi connectivity index (χ0) is 23.2. The third-order valence-corrected chi connectivity index (χ3v) is 5.61. The van der Waals surface area contributed by atoms with Gasteiger partial charge in [-0.3, -0.25) is 19.4 Å². The molecule has 0 radical (unpaired) electrons. The number of anilines is 2. The van der Waals surface area contributed by atoms with Gasteiger partial charge in [0.05, 0.1) is 19.8 Å². The maximum absolute atomic E-state index is 12.6. The van der Waals surface area contributed by atoms with Crippen molar-refractivity contribution in [3.63, 3.8) is 0 Å². The number of nitrogens with one attached hydrogen (secondary N) is 2. The molecule has 4 rings (SSSR count). The minimum Gasteiger partial charge on any atom is -0.378 e. The number of aromatic nitrogens is 3. The number of benzene rings is 1. The highest BCUT2D eigenvalue weighted by atomic mass is 16.5. The maximum atomic E-state index is 12.6. The summed E-state index contributed by atoms with van der Waals surface area (Å²) in [5, 5.41) is 2.85. The Hall–Kier alpha value is -3.72. The van der Waals surface area contributed by atoms with Crippen molar-refractivity contribution >= 4 is 17.5 Å². The largest absolute Gasteiger partial charge is 0.378 e. The number of pyridine rings is 1. The van der Waals surface area contributed by atoms with E-state index >= 15 is 0 Å². The number of carbonyl (C=O) groups excluding carboxylic acids is 1. The Labute approximate surface area is 191 Å². The fraction of sp³-hybridized carbons (Fsp3) is 0.333. The molecule has 0 aliphatic carbocycles. The van der Waals surface area contributed by atoms with E-state index in [1.165, 1.54) is 6.07 Å². The Morgan fingerprint density at radius 3 is 2.58 bits per heavy atom. The highest BCUT2D eigenvalue weighted by molar-refractivity contribution is 5.90. The average molecular weight is 450 g/mol. The van der Waals surface area contributed by atoms with E-state index in [1.807, 2.05) is 23.1 Å². The molecule has 172 valence electrons. The predicted molar refractivity (Wildman–Crippen MR) is 126 cm³/mol. The Morgan fingerprint density at radius 1 is 1.12 bits per heavy atom. The number of aromatic amines is 1. The van der Waals surface area contributed by atoms with E-state index in [4.69, 9.17) is 4.74 Å². The van der Waals surface area contributed by atoms with E-state index in [-0.39, 0.29) is 23.4 Å². The summed E-state index contributed by atoms with van der Waals surface area (Å²) >= 11 is 0. The fourth-order valence-corrected chi connectivity index (χ4v) is 3.76. The molecule has 1 amide bonds. The van der Waals surface area contributed by atoms with Gasteiger partial charge in [0.15, 0.2) is 0 Å². The summed E-state index contributed by atoms with van der Waals surface area (Å²) in [6, 6.07) is 12.4. The Morgan fingerprint density at radius 2 is 1.88 bits per heavy atom. The fourth-order valence-electron chi connectivity index (χ4n) is 3.76. The van der Waals surface area contributed by atoms with Gasteiger partial charge >= 0.3 is 0 Å². The molecule has 0 atom stereocenters. The molecular formula is C24H27N5O4. The van der Waals surface area contributed by atoms with Crippen molar-refractivity contribution in [2.75, 3.05) is 36.5 Å². The van der Waals surface area contributed by atoms with Gasteiger partial charge in [-0.2, -0.15) is 0 Å². The van der Waals surface area contributed by atoms with Crippen molar-refractivity contribution in [1.29, 1.82) is 0 Å². The molecule has 0 saturated carbocycles. The monoisotopic (exact) mass is 449 g/mol. The number of aryl methyl sites for hydroxylation is 1. The van der Waals surface area contributed by atoms with Crippen molar-refractivity contribution in [2.24, 2.45) is 0 Å². The molecule has 1 aromatic carbocycles. The molecule has 2 aromatic heterocycles. The number of ether oxygens (including phenoxy) is 1. The molecule has 1 aliphatic rings. The third-order valence-electron chi connectivity index (χ3n) is 5.61. The van der Waals surface area contributed by atoms with Crippen LogP contribution in [0.5, 0.6) is 0 Å². The molecule has 0 bridgehead atoms. The number of nitrogens with zero attached hydrogens (tertiary/aromatic N) is 3. The number of hydrogen-bond donors (Lipinski definition) is 2. The molecule has 1 aliphatic heterocycles. The molecule has 1 fully saturated rings. The average Bonchev–Trinajstić information content (AvgIpc) is 2.82. The van der Waals surface area contributed by atoms with Crippen molar-refractivity contribution < 1.29 is 9.53 Å². The second kappa shape index (κ2) is 10.3. The maximum Gasteiger partial charge on any atom is 0.255 e. The van der Waals surface area contributed by atoms with Crippen LogP contribution in [0.25, 0.3) is 0 Å². The minimum atomic E-state index is -0.211. The molecule has 2 N–H and O–H groups in total. The van der Waals surface area contributed by atoms with Crippen LogP contribution in [-0.4, -0.2) is 46.7 Å². The number of rotatable bonds is 7. The van der Waals surface area contributed by atoms with Crippen LogP contribution in [0.15, 0.2) is 58.3 Å². The number of hydrogen-bond acceptors (Lipinski definition) is 6. The standard InChI is InChI=1S/C24H27N5O4/c1-17-20(23(32)27-24(25-17)28-12-14-33-15-13-28)9-10-21(30)26-19-7-5-18(6-8-19)16-29-11-3-2-4-22(29)31/h2-8,11H,9-10,12-16H2,1H3,(H,26,30)(H,25,27,32). The van der Waals surface area contributed by atoms with E-state index in [2.05, 4.69) is 15.3 Å². The van der Waals surface area contributed by atoms with E-state index < -0.39 is 0 Å². The van der Waals surface area contributed by atoms with E-state index in [1.54, 1.807) is 35.9 Å². The summed E-state index contributed by atoms with van der Waals surface area (Å²) in [4.78, 5) is 46.2. The number of morpholine rings is 1. The summed E-state index contributed by atoms with van der Waals surface area (Å²) in [7, 11) is 0. The van der Waals surface area contributed by atoms with Gasteiger partial charge in [0, 0.05) is 48.7 Å². The molecule has 1 saturated heterocycles. The highest BCUT2D eigenvalue weighted by Crippen LogP contribution is 2.13. The smallest absolute Gasteiger partial charge is 0.255 e. The molecule has 9 heteroatoms. The molecule has 3 heterocycles. The number of amides is 1. The van der Waals surface area contributed by atoms with Crippen molar-refractivity contribution in [1.82, 2.24) is 14.5 Å². The van der Waals surface area contributed by atoms with Crippen LogP contribution in [0, 0.1) is 6.92 Å². The normalized spacial score (nSPS) is 13.7. The number of H-pyrrole nitrogens is 1. The summed E-state index contributed by atoms with van der Waals surface area (Å²) in [6.07, 6.45) is 2.21. The van der Waals surface area contributed by atoms with Crippen LogP contribution in [0.1, 0.15) is 23.2 Å². The quantitative estimate of drug-likeness (QED) is 0.568. The zero-order valence-corrected chi connectivity index (χ0v) is 18.5. The lowest BCUT2D eigenvalue weighted by Gasteiger charge is -2.27. The molecule has 3 aromatic rings. The Balaban J connectivity index is 1.33. The lowest BCUT2D eigenvalue weighted by atomic mass is 10.1. The second-order valence-electron chi connectivity index (χ2n) is 7.96. The van der Waals surface area contributed by atoms with Crippen molar-refractivity contribution in [3.05, 3.63) is 86.2 Å². The highest BCUT2D eigenvalue weighted by Gasteiger charge is 2.17. The van der Waals surface area contributed by atoms with E-state index in [0.29, 0.717) is 62.2 Å². The Bertz CT molecular complexity index is 1230. The zero-order valence-electron chi connectivity index (χ0n) is 18.5. The van der Waals surface area contributed by atoms with Crippen LogP contribution >= 0.6 is 0 Å². The van der Waals surface area contributed by atoms with Crippen molar-refractivity contribution in [3.8, 4) is 0 Å². The first-order valence-electron chi connectivity index (χ1n) is 11.0. The van der Waals surface area contributed by atoms with E-state index in [0.717, 1.165) is 5.56 Å². The molecular weight excluding hydrogens is 422 g/mol. The van der Waals surface area contributed by atoms with Crippen LogP contribution < -0.4 is 21.3 Å². The predicted octanol–water partition coefficient (Wildman–Crippen LogP) is 1.70. The van der Waals surface area contributed by atoms with Gasteiger partial charge in [0.25, 0.3) is 11.1 Å². The summed E-state index contributed by atoms with van der Waals surface area (Å²) in [5.74, 6) is 0.366. The van der Waals surface area contributed by atoms with Crippen LogP contribution in [-0.2, 0) is 22.5 Å². The van der Waals surface area contributed by atoms with Crippen LogP contribution in [0.3, 0.4) is 0 Å². The first-order chi connectivity index (χ1) is 16.0. The third kappa shape index (κ3) is 5.75. The lowest BCUT2D eigenvalue weighted by molar-refractivity contribution is -0.116. The molecule has 9 nitrogen and oxygen atoms in total. The van der Waals surface area contributed by atoms with Crippen LogP contribution in [0.4, 0.5) is 11.6 Å². The van der Waals surface area contributed by atoms with Gasteiger partial charge in [-0.05, 0) is 37.1 Å². The second-order valence-corrected chi connectivity index (χ2v) is 7.96. The summed E-state index contributed by atoms with van der Waals surface area (Å²) in [5.41, 5.74) is 2.50. The van der Waals surface area contributed by atoms with Gasteiger partial charge in [0.2, 0.25) is 11.9 Å².